The molecule has 0 fully saturated rings. The van der Waals surface area contributed by atoms with Crippen LogP contribution in [-0.2, 0) is 0 Å². The van der Waals surface area contributed by atoms with Crippen LogP contribution >= 0.6 is 11.8 Å². The second kappa shape index (κ2) is 7.23. The third-order valence-corrected chi connectivity index (χ3v) is 4.31. The molecule has 0 aliphatic rings. The molecule has 2 aromatic heterocycles. The lowest BCUT2D eigenvalue weighted by Gasteiger charge is -2.08. The number of nitrogen functional groups attached to an aromatic ring is 1. The zero-order chi connectivity index (χ0) is 16.1. The van der Waals surface area contributed by atoms with Gasteiger partial charge in [-0.05, 0) is 48.6 Å². The van der Waals surface area contributed by atoms with Crippen molar-refractivity contribution in [2.75, 3.05) is 23.3 Å². The van der Waals surface area contributed by atoms with E-state index in [2.05, 4.69) is 20.3 Å². The first-order chi connectivity index (χ1) is 11.2. The molecule has 0 amide bonds. The van der Waals surface area contributed by atoms with Gasteiger partial charge in [-0.3, -0.25) is 0 Å². The van der Waals surface area contributed by atoms with Crippen LogP contribution in [0.4, 0.5) is 16.0 Å². The molecule has 7 heteroatoms. The number of hydrogen-bond donors (Lipinski definition) is 2. The molecule has 23 heavy (non-hydrogen) atoms. The van der Waals surface area contributed by atoms with Gasteiger partial charge in [-0.2, -0.15) is 0 Å². The van der Waals surface area contributed by atoms with Crippen molar-refractivity contribution in [3.05, 3.63) is 48.5 Å². The second-order valence-corrected chi connectivity index (χ2v) is 6.08. The summed E-state index contributed by atoms with van der Waals surface area (Å²) in [4.78, 5) is 13.6. The molecule has 0 unspecified atom stereocenters. The predicted molar refractivity (Wildman–Crippen MR) is 92.0 cm³/mol. The number of pyridine rings is 1. The van der Waals surface area contributed by atoms with Gasteiger partial charge in [0.1, 0.15) is 23.8 Å². The first kappa shape index (κ1) is 15.5. The van der Waals surface area contributed by atoms with Crippen LogP contribution in [0.15, 0.2) is 47.6 Å². The lowest BCUT2D eigenvalue weighted by atomic mass is 10.3. The minimum absolute atomic E-state index is 0.207. The molecule has 0 spiro atoms. The molecule has 3 N–H and O–H groups in total. The van der Waals surface area contributed by atoms with Crippen LogP contribution in [0.5, 0.6) is 0 Å². The van der Waals surface area contributed by atoms with Gasteiger partial charge in [0.2, 0.25) is 0 Å². The Balaban J connectivity index is 1.52. The highest BCUT2D eigenvalue weighted by molar-refractivity contribution is 7.99. The average molecular weight is 329 g/mol. The van der Waals surface area contributed by atoms with E-state index >= 15 is 0 Å². The molecule has 118 valence electrons. The molecule has 2 heterocycles. The smallest absolute Gasteiger partial charge is 0.166 e. The van der Waals surface area contributed by atoms with E-state index in [-0.39, 0.29) is 5.82 Å². The number of aromatic nitrogens is 3. The summed E-state index contributed by atoms with van der Waals surface area (Å²) in [5.41, 5.74) is 6.25. The number of rotatable bonds is 6. The summed E-state index contributed by atoms with van der Waals surface area (Å²) in [6, 6.07) is 10.1. The van der Waals surface area contributed by atoms with Gasteiger partial charge in [-0.15, -0.1) is 11.8 Å². The lowest BCUT2D eigenvalue weighted by molar-refractivity contribution is 0.626. The summed E-state index contributed by atoms with van der Waals surface area (Å²) in [5.74, 6) is 1.93. The van der Waals surface area contributed by atoms with Crippen LogP contribution < -0.4 is 11.1 Å². The Morgan fingerprint density at radius 1 is 1.09 bits per heavy atom. The summed E-state index contributed by atoms with van der Waals surface area (Å²) in [5, 5.41) is 4.15. The van der Waals surface area contributed by atoms with Crippen molar-refractivity contribution in [3.63, 3.8) is 0 Å². The van der Waals surface area contributed by atoms with Crippen molar-refractivity contribution in [1.82, 2.24) is 15.0 Å². The van der Waals surface area contributed by atoms with Gasteiger partial charge in [0.25, 0.3) is 0 Å². The molecule has 3 aromatic rings. The fraction of sp³-hybridized carbons (Fsp3) is 0.188. The first-order valence-electron chi connectivity index (χ1n) is 7.22. The van der Waals surface area contributed by atoms with Crippen molar-refractivity contribution in [1.29, 1.82) is 0 Å². The van der Waals surface area contributed by atoms with Crippen molar-refractivity contribution in [2.45, 2.75) is 11.3 Å². The van der Waals surface area contributed by atoms with E-state index < -0.39 is 0 Å². The standard InChI is InChI=1S/C16H16FN5S/c17-11-2-4-12(5-3-11)23-9-1-8-19-15-13-6-7-14(18)22-16(13)21-10-20-15/h2-7,10H,1,8-9H2,(H3,18,19,20,21,22). The summed E-state index contributed by atoms with van der Waals surface area (Å²) in [6.45, 7) is 0.782. The van der Waals surface area contributed by atoms with Crippen molar-refractivity contribution in [3.8, 4) is 0 Å². The Bertz CT molecular complexity index is 794. The maximum Gasteiger partial charge on any atom is 0.166 e. The predicted octanol–water partition coefficient (Wildman–Crippen LogP) is 3.34. The van der Waals surface area contributed by atoms with Gasteiger partial charge in [0, 0.05) is 11.4 Å². The molecule has 0 aliphatic carbocycles. The lowest BCUT2D eigenvalue weighted by Crippen LogP contribution is -2.06. The highest BCUT2D eigenvalue weighted by Gasteiger charge is 2.04. The molecular weight excluding hydrogens is 313 g/mol. The number of anilines is 2. The van der Waals surface area contributed by atoms with Crippen LogP contribution in [0.25, 0.3) is 11.0 Å². The monoisotopic (exact) mass is 329 g/mol. The Morgan fingerprint density at radius 3 is 2.74 bits per heavy atom. The van der Waals surface area contributed by atoms with E-state index in [4.69, 9.17) is 5.73 Å². The van der Waals surface area contributed by atoms with Crippen molar-refractivity contribution < 1.29 is 4.39 Å². The highest BCUT2D eigenvalue weighted by Crippen LogP contribution is 2.20. The maximum absolute atomic E-state index is 12.8. The summed E-state index contributed by atoms with van der Waals surface area (Å²) >= 11 is 1.70. The van der Waals surface area contributed by atoms with Gasteiger partial charge in [0.15, 0.2) is 5.65 Å². The number of nitrogens with zero attached hydrogens (tertiary/aromatic N) is 3. The van der Waals surface area contributed by atoms with Crippen LogP contribution in [0.2, 0.25) is 0 Å². The molecule has 5 nitrogen and oxygen atoms in total. The summed E-state index contributed by atoms with van der Waals surface area (Å²) < 4.78 is 12.8. The van der Waals surface area contributed by atoms with Crippen LogP contribution in [0.1, 0.15) is 6.42 Å². The Hall–Kier alpha value is -2.41. The van der Waals surface area contributed by atoms with Gasteiger partial charge in [-0.1, -0.05) is 0 Å². The van der Waals surface area contributed by atoms with Gasteiger partial charge < -0.3 is 11.1 Å². The largest absolute Gasteiger partial charge is 0.384 e. The van der Waals surface area contributed by atoms with E-state index in [1.807, 2.05) is 6.07 Å². The zero-order valence-electron chi connectivity index (χ0n) is 12.4. The van der Waals surface area contributed by atoms with Crippen LogP contribution in [-0.4, -0.2) is 27.2 Å². The molecular formula is C16H16FN5S. The maximum atomic E-state index is 12.8. The fourth-order valence-corrected chi connectivity index (χ4v) is 2.95. The van der Waals surface area contributed by atoms with Gasteiger partial charge in [0.05, 0.1) is 5.39 Å². The highest BCUT2D eigenvalue weighted by atomic mass is 32.2. The first-order valence-corrected chi connectivity index (χ1v) is 8.20. The molecule has 0 radical (unpaired) electrons. The normalized spacial score (nSPS) is 10.8. The molecule has 0 saturated carbocycles. The van der Waals surface area contributed by atoms with Gasteiger partial charge >= 0.3 is 0 Å². The van der Waals surface area contributed by atoms with E-state index in [9.17, 15) is 4.39 Å². The number of fused-ring (bicyclic) bond motifs is 1. The molecule has 0 saturated heterocycles. The Labute approximate surface area is 137 Å². The topological polar surface area (TPSA) is 76.7 Å². The number of hydrogen-bond acceptors (Lipinski definition) is 6. The number of nitrogens with two attached hydrogens (primary N) is 1. The van der Waals surface area contributed by atoms with Gasteiger partial charge in [-0.25, -0.2) is 19.3 Å². The quantitative estimate of drug-likeness (QED) is 0.533. The minimum Gasteiger partial charge on any atom is -0.384 e. The summed E-state index contributed by atoms with van der Waals surface area (Å²) in [7, 11) is 0. The molecule has 3 rings (SSSR count). The fourth-order valence-electron chi connectivity index (χ4n) is 2.10. The summed E-state index contributed by atoms with van der Waals surface area (Å²) in [6.07, 6.45) is 2.43. The SMILES string of the molecule is Nc1ccc2c(NCCCSc3ccc(F)cc3)ncnc2n1. The van der Waals surface area contributed by atoms with E-state index in [1.54, 1.807) is 30.0 Å². The third kappa shape index (κ3) is 4.07. The zero-order valence-corrected chi connectivity index (χ0v) is 13.2. The second-order valence-electron chi connectivity index (χ2n) is 4.91. The van der Waals surface area contributed by atoms with Crippen molar-refractivity contribution in [2.24, 2.45) is 0 Å². The van der Waals surface area contributed by atoms with E-state index in [0.29, 0.717) is 11.5 Å². The van der Waals surface area contributed by atoms with Crippen LogP contribution in [0.3, 0.4) is 0 Å². The van der Waals surface area contributed by atoms with E-state index in [1.165, 1.54) is 18.5 Å². The Morgan fingerprint density at radius 2 is 1.91 bits per heavy atom. The molecule has 0 atom stereocenters. The number of halogens is 1. The number of nitrogens with one attached hydrogen (secondary N) is 1. The molecule has 0 aliphatic heterocycles. The van der Waals surface area contributed by atoms with Crippen molar-refractivity contribution >= 4 is 34.4 Å². The average Bonchev–Trinajstić information content (AvgIpc) is 2.56. The Kier molecular flexibility index (Phi) is 4.87. The third-order valence-electron chi connectivity index (χ3n) is 3.21. The van der Waals surface area contributed by atoms with E-state index in [0.717, 1.165) is 34.8 Å². The molecule has 1 aromatic carbocycles. The van der Waals surface area contributed by atoms with Crippen LogP contribution in [0, 0.1) is 5.82 Å². The number of benzene rings is 1. The minimum atomic E-state index is -0.207. The number of thioether (sulfide) groups is 1. The molecule has 0 bridgehead atoms.